The molecule has 0 aromatic heterocycles. The van der Waals surface area contributed by atoms with E-state index in [1.165, 1.54) is 12.8 Å². The first kappa shape index (κ1) is 10.5. The van der Waals surface area contributed by atoms with Crippen molar-refractivity contribution in [1.29, 1.82) is 0 Å². The van der Waals surface area contributed by atoms with Crippen LogP contribution in [0.1, 0.15) is 40.0 Å². The molecular formula is C10H20N2O. The van der Waals surface area contributed by atoms with Crippen LogP contribution in [-0.2, 0) is 4.79 Å². The number of amides is 1. The summed E-state index contributed by atoms with van der Waals surface area (Å²) in [7, 11) is 0. The second kappa shape index (κ2) is 3.66. The molecule has 1 saturated carbocycles. The highest BCUT2D eigenvalue weighted by atomic mass is 16.1. The van der Waals surface area contributed by atoms with Crippen LogP contribution in [0.25, 0.3) is 0 Å². The van der Waals surface area contributed by atoms with Gasteiger partial charge in [-0.05, 0) is 25.7 Å². The summed E-state index contributed by atoms with van der Waals surface area (Å²) in [4.78, 5) is 11.3. The fraction of sp³-hybridized carbons (Fsp3) is 0.900. The van der Waals surface area contributed by atoms with Crippen LogP contribution in [0.15, 0.2) is 0 Å². The Morgan fingerprint density at radius 3 is 2.54 bits per heavy atom. The van der Waals surface area contributed by atoms with Crippen molar-refractivity contribution in [3.63, 3.8) is 0 Å². The molecule has 0 aromatic rings. The van der Waals surface area contributed by atoms with E-state index in [4.69, 9.17) is 5.73 Å². The van der Waals surface area contributed by atoms with Gasteiger partial charge >= 0.3 is 0 Å². The van der Waals surface area contributed by atoms with Crippen molar-refractivity contribution >= 4 is 5.91 Å². The molecule has 1 aliphatic rings. The minimum Gasteiger partial charge on any atom is -0.368 e. The predicted molar refractivity (Wildman–Crippen MR) is 53.2 cm³/mol. The third kappa shape index (κ3) is 2.21. The van der Waals surface area contributed by atoms with Crippen molar-refractivity contribution in [1.82, 2.24) is 5.32 Å². The van der Waals surface area contributed by atoms with E-state index in [0.29, 0.717) is 12.0 Å². The normalized spacial score (nSPS) is 23.6. The van der Waals surface area contributed by atoms with Crippen molar-refractivity contribution in [2.75, 3.05) is 0 Å². The van der Waals surface area contributed by atoms with E-state index in [0.717, 1.165) is 6.42 Å². The van der Waals surface area contributed by atoms with E-state index in [1.54, 1.807) is 0 Å². The zero-order chi connectivity index (χ0) is 10.1. The van der Waals surface area contributed by atoms with Gasteiger partial charge in [-0.3, -0.25) is 4.79 Å². The van der Waals surface area contributed by atoms with Crippen molar-refractivity contribution in [3.8, 4) is 0 Å². The van der Waals surface area contributed by atoms with Gasteiger partial charge in [0.1, 0.15) is 0 Å². The Morgan fingerprint density at radius 1 is 1.69 bits per heavy atom. The van der Waals surface area contributed by atoms with Gasteiger partial charge in [-0.15, -0.1) is 0 Å². The first-order chi connectivity index (χ1) is 6.00. The van der Waals surface area contributed by atoms with Gasteiger partial charge in [-0.2, -0.15) is 0 Å². The van der Waals surface area contributed by atoms with Crippen molar-refractivity contribution in [2.45, 2.75) is 51.6 Å². The topological polar surface area (TPSA) is 55.1 Å². The molecule has 2 unspecified atom stereocenters. The van der Waals surface area contributed by atoms with Gasteiger partial charge in [-0.25, -0.2) is 0 Å². The van der Waals surface area contributed by atoms with E-state index < -0.39 is 5.54 Å². The standard InChI is InChI=1S/C10H20N2O/c1-4-7(2)10(3,9(11)13)12-8-5-6-8/h7-8,12H,4-6H2,1-3H3,(H2,11,13). The van der Waals surface area contributed by atoms with Gasteiger partial charge in [0, 0.05) is 6.04 Å². The summed E-state index contributed by atoms with van der Waals surface area (Å²) >= 11 is 0. The van der Waals surface area contributed by atoms with Crippen LogP contribution < -0.4 is 11.1 Å². The van der Waals surface area contributed by atoms with Crippen molar-refractivity contribution in [3.05, 3.63) is 0 Å². The largest absolute Gasteiger partial charge is 0.368 e. The lowest BCUT2D eigenvalue weighted by Crippen LogP contribution is -2.58. The maximum Gasteiger partial charge on any atom is 0.237 e. The average Bonchev–Trinajstić information content (AvgIpc) is 2.86. The maximum absolute atomic E-state index is 11.3. The van der Waals surface area contributed by atoms with Crippen LogP contribution >= 0.6 is 0 Å². The molecule has 0 aliphatic heterocycles. The van der Waals surface area contributed by atoms with E-state index in [1.807, 2.05) is 6.92 Å². The summed E-state index contributed by atoms with van der Waals surface area (Å²) in [5.74, 6) is 0.0688. The molecule has 2 atom stereocenters. The lowest BCUT2D eigenvalue weighted by atomic mass is 9.84. The van der Waals surface area contributed by atoms with E-state index >= 15 is 0 Å². The SMILES string of the molecule is CCC(C)C(C)(NC1CC1)C(N)=O. The highest BCUT2D eigenvalue weighted by Crippen LogP contribution is 2.27. The number of primary amides is 1. The molecule has 3 nitrogen and oxygen atoms in total. The molecule has 0 bridgehead atoms. The molecule has 0 saturated heterocycles. The molecule has 3 N–H and O–H groups in total. The minimum atomic E-state index is -0.518. The first-order valence-corrected chi connectivity index (χ1v) is 5.08. The lowest BCUT2D eigenvalue weighted by molar-refractivity contribution is -0.125. The highest BCUT2D eigenvalue weighted by Gasteiger charge is 2.40. The summed E-state index contributed by atoms with van der Waals surface area (Å²) in [6.45, 7) is 6.07. The molecule has 1 amide bonds. The van der Waals surface area contributed by atoms with Gasteiger partial charge in [0.15, 0.2) is 0 Å². The molecule has 1 aliphatic carbocycles. The van der Waals surface area contributed by atoms with Crippen LogP contribution in [0.5, 0.6) is 0 Å². The first-order valence-electron chi connectivity index (χ1n) is 5.08. The number of carbonyl (C=O) groups is 1. The van der Waals surface area contributed by atoms with Crippen LogP contribution in [0, 0.1) is 5.92 Å². The number of nitrogens with two attached hydrogens (primary N) is 1. The monoisotopic (exact) mass is 184 g/mol. The van der Waals surface area contributed by atoms with Crippen LogP contribution in [0.4, 0.5) is 0 Å². The second-order valence-corrected chi connectivity index (χ2v) is 4.29. The Kier molecular flexibility index (Phi) is 2.96. The van der Waals surface area contributed by atoms with Gasteiger partial charge in [0.05, 0.1) is 5.54 Å². The Morgan fingerprint density at radius 2 is 2.23 bits per heavy atom. The van der Waals surface area contributed by atoms with Crippen molar-refractivity contribution in [2.24, 2.45) is 11.7 Å². The smallest absolute Gasteiger partial charge is 0.237 e. The molecule has 0 spiro atoms. The molecule has 3 heteroatoms. The predicted octanol–water partition coefficient (Wildman–Crippen LogP) is 1.03. The Balaban J connectivity index is 2.65. The van der Waals surface area contributed by atoms with E-state index in [2.05, 4.69) is 19.2 Å². The zero-order valence-electron chi connectivity index (χ0n) is 8.76. The Bertz CT molecular complexity index is 201. The number of hydrogen-bond donors (Lipinski definition) is 2. The van der Waals surface area contributed by atoms with Gasteiger partial charge in [0.25, 0.3) is 0 Å². The molecule has 0 heterocycles. The number of hydrogen-bond acceptors (Lipinski definition) is 2. The highest BCUT2D eigenvalue weighted by molar-refractivity contribution is 5.84. The minimum absolute atomic E-state index is 0.228. The van der Waals surface area contributed by atoms with Crippen molar-refractivity contribution < 1.29 is 4.79 Å². The summed E-state index contributed by atoms with van der Waals surface area (Å²) in [5, 5.41) is 3.34. The maximum atomic E-state index is 11.3. The molecule has 1 rings (SSSR count). The van der Waals surface area contributed by atoms with Crippen LogP contribution in [-0.4, -0.2) is 17.5 Å². The van der Waals surface area contributed by atoms with E-state index in [-0.39, 0.29) is 5.91 Å². The van der Waals surface area contributed by atoms with Gasteiger partial charge < -0.3 is 11.1 Å². The third-order valence-corrected chi connectivity index (χ3v) is 3.19. The summed E-state index contributed by atoms with van der Waals surface area (Å²) in [5.41, 5.74) is 4.90. The Hall–Kier alpha value is -0.570. The quantitative estimate of drug-likeness (QED) is 0.670. The molecular weight excluding hydrogens is 164 g/mol. The summed E-state index contributed by atoms with van der Waals surface area (Å²) in [6.07, 6.45) is 3.33. The summed E-state index contributed by atoms with van der Waals surface area (Å²) in [6, 6.07) is 0.520. The zero-order valence-corrected chi connectivity index (χ0v) is 8.76. The molecule has 0 aromatic carbocycles. The molecule has 1 fully saturated rings. The van der Waals surface area contributed by atoms with Crippen LogP contribution in [0.3, 0.4) is 0 Å². The lowest BCUT2D eigenvalue weighted by Gasteiger charge is -2.33. The number of nitrogens with one attached hydrogen (secondary N) is 1. The fourth-order valence-electron chi connectivity index (χ4n) is 1.52. The summed E-state index contributed by atoms with van der Waals surface area (Å²) < 4.78 is 0. The van der Waals surface area contributed by atoms with E-state index in [9.17, 15) is 4.79 Å². The third-order valence-electron chi connectivity index (χ3n) is 3.19. The number of carbonyl (C=O) groups excluding carboxylic acids is 1. The van der Waals surface area contributed by atoms with Gasteiger partial charge in [-0.1, -0.05) is 20.3 Å². The average molecular weight is 184 g/mol. The van der Waals surface area contributed by atoms with Gasteiger partial charge in [0.2, 0.25) is 5.91 Å². The second-order valence-electron chi connectivity index (χ2n) is 4.29. The molecule has 76 valence electrons. The number of rotatable bonds is 5. The van der Waals surface area contributed by atoms with Crippen LogP contribution in [0.2, 0.25) is 0 Å². The fourth-order valence-corrected chi connectivity index (χ4v) is 1.52. The Labute approximate surface area is 80.1 Å². The molecule has 13 heavy (non-hydrogen) atoms. The molecule has 0 radical (unpaired) electrons.